The molecule has 3 heterocycles. The molecule has 56 heavy (non-hydrogen) atoms. The zero-order chi connectivity index (χ0) is 40.5. The monoisotopic (exact) mass is 744 g/mol. The number of fused-ring (bicyclic) bond motifs is 3. The minimum absolute atomic E-state index is 0.149. The van der Waals surface area contributed by atoms with Crippen LogP contribution in [0.1, 0.15) is 135 Å². The number of pyridine rings is 3. The molecule has 3 aromatic carbocycles. The molecule has 0 aliphatic heterocycles. The van der Waals surface area contributed by atoms with Crippen molar-refractivity contribution in [2.75, 3.05) is 0 Å². The Hall–Kier alpha value is -4.89. The summed E-state index contributed by atoms with van der Waals surface area (Å²) in [5.74, 6) is 1.65. The third-order valence-corrected chi connectivity index (χ3v) is 13.2. The average Bonchev–Trinajstić information content (AvgIpc) is 3.36. The standard InChI is InChI=1S/C20H25N.C17H17N.C12H11N.2C2H6/c1-18(2)15-11-10-14(17-9-7-8-12-21-17)13-16(15)19(3,4)20(18,5)6;1-2-10-18-17(3-1)14-8-9-15-12-4-6-13(7-5-12)16(15)11-14;1-10-6-5-9-13-12(10)11-7-3-2-4-8-11;2*1-2/h7-13H,1-6H3;1-3,8-13H,4-7H2;2-9H,1H3;2*1-2H3. The van der Waals surface area contributed by atoms with Gasteiger partial charge in [-0.15, -0.1) is 0 Å². The van der Waals surface area contributed by atoms with E-state index in [-0.39, 0.29) is 16.2 Å². The van der Waals surface area contributed by atoms with E-state index in [1.54, 1.807) is 11.1 Å². The van der Waals surface area contributed by atoms with Gasteiger partial charge in [-0.25, -0.2) is 0 Å². The van der Waals surface area contributed by atoms with Crippen molar-refractivity contribution in [3.8, 4) is 33.8 Å². The van der Waals surface area contributed by atoms with Gasteiger partial charge >= 0.3 is 0 Å². The highest BCUT2D eigenvalue weighted by Crippen LogP contribution is 2.61. The van der Waals surface area contributed by atoms with Gasteiger partial charge in [-0.1, -0.05) is 142 Å². The van der Waals surface area contributed by atoms with E-state index in [2.05, 4.69) is 142 Å². The molecule has 0 saturated heterocycles. The number of aryl methyl sites for hydroxylation is 1. The summed E-state index contributed by atoms with van der Waals surface area (Å²) in [5, 5.41) is 0. The zero-order valence-electron chi connectivity index (χ0n) is 36.0. The van der Waals surface area contributed by atoms with Crippen molar-refractivity contribution in [2.24, 2.45) is 5.41 Å². The topological polar surface area (TPSA) is 38.7 Å². The van der Waals surface area contributed by atoms with Crippen LogP contribution >= 0.6 is 0 Å². The van der Waals surface area contributed by atoms with Crippen LogP contribution in [0, 0.1) is 12.3 Å². The minimum Gasteiger partial charge on any atom is -0.256 e. The molecule has 0 unspecified atom stereocenters. The molecule has 1 fully saturated rings. The van der Waals surface area contributed by atoms with Crippen LogP contribution in [0.15, 0.2) is 134 Å². The van der Waals surface area contributed by atoms with Crippen molar-refractivity contribution in [1.29, 1.82) is 0 Å². The van der Waals surface area contributed by atoms with Crippen molar-refractivity contribution in [1.82, 2.24) is 15.0 Å². The van der Waals surface area contributed by atoms with E-state index in [1.807, 2.05) is 82.7 Å². The highest BCUT2D eigenvalue weighted by Gasteiger charge is 2.56. The summed E-state index contributed by atoms with van der Waals surface area (Å²) in [6.45, 7) is 24.4. The molecule has 4 aliphatic rings. The highest BCUT2D eigenvalue weighted by molar-refractivity contribution is 5.65. The summed E-state index contributed by atoms with van der Waals surface area (Å²) in [7, 11) is 0. The summed E-state index contributed by atoms with van der Waals surface area (Å²) >= 11 is 0. The van der Waals surface area contributed by atoms with Crippen molar-refractivity contribution < 1.29 is 0 Å². The molecular formula is C53H65N3. The second kappa shape index (κ2) is 18.4. The van der Waals surface area contributed by atoms with E-state index in [4.69, 9.17) is 0 Å². The Morgan fingerprint density at radius 2 is 0.946 bits per heavy atom. The first-order valence-corrected chi connectivity index (χ1v) is 21.1. The number of hydrogen-bond donors (Lipinski definition) is 0. The third kappa shape index (κ3) is 8.43. The van der Waals surface area contributed by atoms with Gasteiger partial charge in [0, 0.05) is 35.3 Å². The van der Waals surface area contributed by atoms with Gasteiger partial charge in [-0.05, 0) is 131 Å². The van der Waals surface area contributed by atoms with Crippen molar-refractivity contribution in [3.63, 3.8) is 0 Å². The van der Waals surface area contributed by atoms with Crippen molar-refractivity contribution in [2.45, 2.75) is 125 Å². The Bertz CT molecular complexity index is 2120. The van der Waals surface area contributed by atoms with E-state index in [1.165, 1.54) is 59.1 Å². The maximum Gasteiger partial charge on any atom is 0.0731 e. The van der Waals surface area contributed by atoms with E-state index >= 15 is 0 Å². The predicted octanol–water partition coefficient (Wildman–Crippen LogP) is 15.0. The third-order valence-electron chi connectivity index (χ3n) is 13.2. The second-order valence-electron chi connectivity index (χ2n) is 16.5. The first-order chi connectivity index (χ1) is 27.0. The molecule has 4 aliphatic carbocycles. The van der Waals surface area contributed by atoms with E-state index in [9.17, 15) is 0 Å². The fourth-order valence-corrected chi connectivity index (χ4v) is 8.85. The number of rotatable bonds is 3. The van der Waals surface area contributed by atoms with Crippen LogP contribution < -0.4 is 0 Å². The van der Waals surface area contributed by atoms with Gasteiger partial charge in [0.05, 0.1) is 17.1 Å². The van der Waals surface area contributed by atoms with Crippen LogP contribution in [-0.2, 0) is 10.8 Å². The number of hydrogen-bond acceptors (Lipinski definition) is 3. The fourth-order valence-electron chi connectivity index (χ4n) is 8.85. The number of benzene rings is 3. The molecule has 0 amide bonds. The van der Waals surface area contributed by atoms with Gasteiger partial charge < -0.3 is 0 Å². The van der Waals surface area contributed by atoms with Crippen LogP contribution in [-0.4, -0.2) is 15.0 Å². The first-order valence-electron chi connectivity index (χ1n) is 21.1. The van der Waals surface area contributed by atoms with Crippen LogP contribution in [0.3, 0.4) is 0 Å². The lowest BCUT2D eigenvalue weighted by Crippen LogP contribution is -2.42. The van der Waals surface area contributed by atoms with Crippen LogP contribution in [0.4, 0.5) is 0 Å². The summed E-state index contributed by atoms with van der Waals surface area (Å²) in [6, 6.07) is 40.4. The average molecular weight is 744 g/mol. The van der Waals surface area contributed by atoms with Gasteiger partial charge in [0.25, 0.3) is 0 Å². The van der Waals surface area contributed by atoms with Crippen LogP contribution in [0.5, 0.6) is 0 Å². The quantitative estimate of drug-likeness (QED) is 0.181. The molecule has 3 heteroatoms. The molecule has 0 radical (unpaired) electrons. The number of aromatic nitrogens is 3. The summed E-state index contributed by atoms with van der Waals surface area (Å²) in [6.07, 6.45) is 11.2. The molecule has 1 saturated carbocycles. The minimum atomic E-state index is 0.149. The van der Waals surface area contributed by atoms with Crippen molar-refractivity contribution in [3.05, 3.63) is 162 Å². The first kappa shape index (κ1) is 42.3. The summed E-state index contributed by atoms with van der Waals surface area (Å²) in [5.41, 5.74) is 14.8. The van der Waals surface area contributed by atoms with Crippen LogP contribution in [0.25, 0.3) is 33.8 Å². The van der Waals surface area contributed by atoms with Crippen LogP contribution in [0.2, 0.25) is 0 Å². The summed E-state index contributed by atoms with van der Waals surface area (Å²) in [4.78, 5) is 13.3. The van der Waals surface area contributed by atoms with Gasteiger partial charge in [-0.3, -0.25) is 15.0 Å². The lowest BCUT2D eigenvalue weighted by atomic mass is 9.59. The molecule has 2 bridgehead atoms. The van der Waals surface area contributed by atoms with E-state index < -0.39 is 0 Å². The fraction of sp³-hybridized carbons (Fsp3) is 0.377. The molecule has 3 nitrogen and oxygen atoms in total. The largest absolute Gasteiger partial charge is 0.256 e. The molecule has 0 atom stereocenters. The Kier molecular flexibility index (Phi) is 13.9. The van der Waals surface area contributed by atoms with Gasteiger partial charge in [0.15, 0.2) is 0 Å². The van der Waals surface area contributed by atoms with E-state index in [0.29, 0.717) is 0 Å². The lowest BCUT2D eigenvalue weighted by Gasteiger charge is -2.44. The lowest BCUT2D eigenvalue weighted by molar-refractivity contribution is 0.125. The Morgan fingerprint density at radius 1 is 0.446 bits per heavy atom. The SMILES string of the molecule is CC.CC.CC1(C)c2ccc(-c3ccccn3)cc2C(C)(C)C1(C)C.Cc1cccnc1-c1ccccc1.c1ccc(-c2ccc3c(c2)C2CCC3CC2)nc1. The zero-order valence-corrected chi connectivity index (χ0v) is 36.0. The van der Waals surface area contributed by atoms with Gasteiger partial charge in [0.2, 0.25) is 0 Å². The van der Waals surface area contributed by atoms with E-state index in [0.717, 1.165) is 28.9 Å². The molecule has 10 rings (SSSR count). The predicted molar refractivity (Wildman–Crippen MR) is 240 cm³/mol. The highest BCUT2D eigenvalue weighted by atomic mass is 14.7. The smallest absolute Gasteiger partial charge is 0.0731 e. The molecular weight excluding hydrogens is 679 g/mol. The Labute approximate surface area is 339 Å². The Balaban J connectivity index is 0.000000157. The Morgan fingerprint density at radius 3 is 1.50 bits per heavy atom. The number of nitrogens with zero attached hydrogens (tertiary/aromatic N) is 3. The molecule has 6 aromatic rings. The van der Waals surface area contributed by atoms with Crippen molar-refractivity contribution >= 4 is 0 Å². The maximum absolute atomic E-state index is 4.49. The molecule has 0 N–H and O–H groups in total. The maximum atomic E-state index is 4.49. The second-order valence-corrected chi connectivity index (χ2v) is 16.5. The molecule has 292 valence electrons. The van der Waals surface area contributed by atoms with Gasteiger partial charge in [-0.2, -0.15) is 0 Å². The molecule has 3 aromatic heterocycles. The summed E-state index contributed by atoms with van der Waals surface area (Å²) < 4.78 is 0. The normalized spacial score (nSPS) is 18.4. The molecule has 0 spiro atoms. The van der Waals surface area contributed by atoms with Gasteiger partial charge in [0.1, 0.15) is 0 Å².